The predicted octanol–water partition coefficient (Wildman–Crippen LogP) is -2.19. The number of ether oxygens (including phenoxy) is 2. The van der Waals surface area contributed by atoms with Crippen molar-refractivity contribution in [3.63, 3.8) is 0 Å². The van der Waals surface area contributed by atoms with Crippen LogP contribution in [0.2, 0.25) is 0 Å². The van der Waals surface area contributed by atoms with Crippen LogP contribution in [0.4, 0.5) is 11.4 Å². The van der Waals surface area contributed by atoms with Gasteiger partial charge in [0, 0.05) is 22.1 Å². The van der Waals surface area contributed by atoms with Crippen molar-refractivity contribution in [3.05, 3.63) is 42.5 Å². The second-order valence-corrected chi connectivity index (χ2v) is 9.59. The number of fused-ring (bicyclic) bond motifs is 2. The van der Waals surface area contributed by atoms with Crippen molar-refractivity contribution < 1.29 is 50.3 Å². The first-order valence-corrected chi connectivity index (χ1v) is 12.2. The maximum absolute atomic E-state index is 10.3. The maximum atomic E-state index is 10.3. The summed E-state index contributed by atoms with van der Waals surface area (Å²) >= 11 is 0. The van der Waals surface area contributed by atoms with Gasteiger partial charge in [0.2, 0.25) is 0 Å². The summed E-state index contributed by atoms with van der Waals surface area (Å²) in [5.74, 6) is 0. The van der Waals surface area contributed by atoms with Gasteiger partial charge in [0.25, 0.3) is 0 Å². The molecule has 2 aromatic carbocycles. The first kappa shape index (κ1) is 26.9. The van der Waals surface area contributed by atoms with Gasteiger partial charge in [-0.05, 0) is 30.3 Å². The van der Waals surface area contributed by atoms with Crippen LogP contribution in [-0.2, 0) is 9.47 Å². The molecule has 2 aliphatic heterocycles. The largest absolute Gasteiger partial charge is 0.394 e. The van der Waals surface area contributed by atoms with Gasteiger partial charge in [-0.2, -0.15) is 0 Å². The number of hydrogen-bond donors (Lipinski definition) is 10. The molecule has 3 heterocycles. The molecule has 13 nitrogen and oxygen atoms in total. The number of aliphatic hydroxyl groups is 8. The van der Waals surface area contributed by atoms with E-state index in [0.717, 1.165) is 10.8 Å². The smallest absolute Gasteiger partial charge is 0.157 e. The third kappa shape index (κ3) is 5.01. The molecule has 10 N–H and O–H groups in total. The first-order valence-electron chi connectivity index (χ1n) is 12.2. The summed E-state index contributed by atoms with van der Waals surface area (Å²) in [7, 11) is 0. The lowest BCUT2D eigenvalue weighted by atomic mass is 9.98. The highest BCUT2D eigenvalue weighted by molar-refractivity contribution is 5.95. The average Bonchev–Trinajstić information content (AvgIpc) is 2.92. The summed E-state index contributed by atoms with van der Waals surface area (Å²) in [4.78, 5) is 4.69. The molecular weight excluding hydrogens is 502 g/mol. The standard InChI is InChI=1S/C25H31N3O10/c29-8-16-18(31)20(33)22(35)24(37-16)26-12-3-1-10-5-11-2-4-13(7-15(11)28-14(10)6-12)27-25-23(36)21(34)19(32)17(9-30)38-25/h1-7,16-27,29-36H,8-9H2/t16-,17-,18+,19+,20+,21+,22-,23-,24-,25-/m1/s1. The van der Waals surface area contributed by atoms with Crippen molar-refractivity contribution in [2.24, 2.45) is 0 Å². The number of rotatable bonds is 6. The normalized spacial score (nSPS) is 35.9. The molecule has 2 saturated heterocycles. The fraction of sp³-hybridized carbons (Fsp3) is 0.480. The molecule has 10 atom stereocenters. The van der Waals surface area contributed by atoms with E-state index in [0.29, 0.717) is 22.4 Å². The molecule has 0 unspecified atom stereocenters. The topological polar surface area (TPSA) is 217 Å². The maximum Gasteiger partial charge on any atom is 0.157 e. The fourth-order valence-electron chi connectivity index (χ4n) is 4.77. The zero-order valence-electron chi connectivity index (χ0n) is 20.1. The first-order chi connectivity index (χ1) is 18.2. The molecule has 0 aliphatic carbocycles. The van der Waals surface area contributed by atoms with E-state index < -0.39 is 74.5 Å². The number of benzene rings is 2. The third-order valence-electron chi connectivity index (χ3n) is 7.02. The van der Waals surface area contributed by atoms with Crippen molar-refractivity contribution in [1.82, 2.24) is 4.98 Å². The van der Waals surface area contributed by atoms with Crippen LogP contribution in [0.15, 0.2) is 42.5 Å². The van der Waals surface area contributed by atoms with Gasteiger partial charge in [0.1, 0.15) is 48.8 Å². The number of aromatic nitrogens is 1. The van der Waals surface area contributed by atoms with Crippen LogP contribution in [0.3, 0.4) is 0 Å². The van der Waals surface area contributed by atoms with Crippen LogP contribution in [0.25, 0.3) is 21.8 Å². The Labute approximate surface area is 216 Å². The van der Waals surface area contributed by atoms with Crippen LogP contribution in [-0.4, -0.2) is 120 Å². The Bertz CT molecular complexity index is 1180. The van der Waals surface area contributed by atoms with Crippen molar-refractivity contribution in [2.45, 2.75) is 61.3 Å². The Morgan fingerprint density at radius 2 is 1.00 bits per heavy atom. The molecule has 2 fully saturated rings. The average molecular weight is 534 g/mol. The molecule has 206 valence electrons. The van der Waals surface area contributed by atoms with Gasteiger partial charge in [-0.1, -0.05) is 12.1 Å². The second-order valence-electron chi connectivity index (χ2n) is 9.59. The summed E-state index contributed by atoms with van der Waals surface area (Å²) in [6.07, 6.45) is -13.0. The zero-order valence-corrected chi connectivity index (χ0v) is 20.1. The highest BCUT2D eigenvalue weighted by Gasteiger charge is 2.44. The van der Waals surface area contributed by atoms with Crippen LogP contribution >= 0.6 is 0 Å². The quantitative estimate of drug-likeness (QED) is 0.153. The Balaban J connectivity index is 1.37. The van der Waals surface area contributed by atoms with Gasteiger partial charge in [0.05, 0.1) is 24.2 Å². The minimum Gasteiger partial charge on any atom is -0.394 e. The molecule has 5 rings (SSSR count). The SMILES string of the molecule is OC[C@H]1O[C@@H](Nc2ccc3cc4ccc(N[C@@H]5O[C@H](CO)[C@H](O)[C@H](O)[C@H]5O)cc4nc3c2)[C@H](O)[C@@H](O)[C@H]1O. The summed E-state index contributed by atoms with van der Waals surface area (Å²) in [6, 6.07) is 12.5. The number of nitrogens with zero attached hydrogens (tertiary/aromatic N) is 1. The minimum atomic E-state index is -1.50. The Kier molecular flexibility index (Phi) is 7.66. The Morgan fingerprint density at radius 1 is 0.579 bits per heavy atom. The molecule has 2 aliphatic rings. The number of hydrogen-bond acceptors (Lipinski definition) is 13. The van der Waals surface area contributed by atoms with Crippen LogP contribution in [0, 0.1) is 0 Å². The van der Waals surface area contributed by atoms with Crippen molar-refractivity contribution in [3.8, 4) is 0 Å². The van der Waals surface area contributed by atoms with E-state index in [9.17, 15) is 40.9 Å². The Morgan fingerprint density at radius 3 is 1.39 bits per heavy atom. The molecular formula is C25H31N3O10. The van der Waals surface area contributed by atoms with Gasteiger partial charge in [-0.3, -0.25) is 0 Å². The summed E-state index contributed by atoms with van der Waals surface area (Å²) < 4.78 is 11.0. The van der Waals surface area contributed by atoms with E-state index in [2.05, 4.69) is 10.6 Å². The van der Waals surface area contributed by atoms with E-state index in [1.807, 2.05) is 18.2 Å². The van der Waals surface area contributed by atoms with Gasteiger partial charge >= 0.3 is 0 Å². The molecule has 0 saturated carbocycles. The van der Waals surface area contributed by atoms with Gasteiger partial charge in [-0.25, -0.2) is 4.98 Å². The molecule has 38 heavy (non-hydrogen) atoms. The third-order valence-corrected chi connectivity index (χ3v) is 7.02. The van der Waals surface area contributed by atoms with Gasteiger partial charge in [0.15, 0.2) is 12.5 Å². The summed E-state index contributed by atoms with van der Waals surface area (Å²) in [6.45, 7) is -1.07. The van der Waals surface area contributed by atoms with Crippen LogP contribution in [0.1, 0.15) is 0 Å². The molecule has 0 radical (unpaired) electrons. The van der Waals surface area contributed by atoms with E-state index in [-0.39, 0.29) is 0 Å². The lowest BCUT2D eigenvalue weighted by Gasteiger charge is -2.40. The molecule has 0 amide bonds. The van der Waals surface area contributed by atoms with Gasteiger partial charge in [-0.15, -0.1) is 0 Å². The Hall–Kier alpha value is -2.69. The van der Waals surface area contributed by atoms with Crippen molar-refractivity contribution >= 4 is 33.2 Å². The predicted molar refractivity (Wildman–Crippen MR) is 134 cm³/mol. The molecule has 1 aromatic heterocycles. The minimum absolute atomic E-state index is 0.518. The van der Waals surface area contributed by atoms with Crippen molar-refractivity contribution in [1.29, 1.82) is 0 Å². The number of anilines is 2. The number of aliphatic hydroxyl groups excluding tert-OH is 8. The van der Waals surface area contributed by atoms with Crippen molar-refractivity contribution in [2.75, 3.05) is 23.8 Å². The zero-order chi connectivity index (χ0) is 27.1. The second kappa shape index (κ2) is 10.8. The number of pyridine rings is 1. The molecule has 0 spiro atoms. The molecule has 13 heteroatoms. The van der Waals surface area contributed by atoms with Crippen LogP contribution < -0.4 is 10.6 Å². The van der Waals surface area contributed by atoms with E-state index in [1.165, 1.54) is 0 Å². The highest BCUT2D eigenvalue weighted by Crippen LogP contribution is 2.29. The lowest BCUT2D eigenvalue weighted by Crippen LogP contribution is -2.60. The van der Waals surface area contributed by atoms with E-state index in [1.54, 1.807) is 24.3 Å². The monoisotopic (exact) mass is 533 g/mol. The van der Waals surface area contributed by atoms with E-state index >= 15 is 0 Å². The summed E-state index contributed by atoms with van der Waals surface area (Å²) in [5.41, 5.74) is 2.22. The molecule has 0 bridgehead atoms. The van der Waals surface area contributed by atoms with E-state index in [4.69, 9.17) is 14.5 Å². The highest BCUT2D eigenvalue weighted by atomic mass is 16.6. The van der Waals surface area contributed by atoms with Gasteiger partial charge < -0.3 is 61.0 Å². The lowest BCUT2D eigenvalue weighted by molar-refractivity contribution is -0.221. The molecule has 3 aromatic rings. The number of nitrogens with one attached hydrogen (secondary N) is 2. The fourth-order valence-corrected chi connectivity index (χ4v) is 4.77. The summed E-state index contributed by atoms with van der Waals surface area (Å²) in [5, 5.41) is 87.0. The van der Waals surface area contributed by atoms with Crippen LogP contribution in [0.5, 0.6) is 0 Å².